The molecule has 2 aromatic rings. The molecule has 0 atom stereocenters. The number of nitrogens with one attached hydrogen (secondary N) is 1. The summed E-state index contributed by atoms with van der Waals surface area (Å²) in [5.74, 6) is 0.289. The standard InChI is InChI=1S/C13H16N4OS3/c1-17(2)10-6-4-9(5-7-10)14-11(18)8-20-13-16-15-12(19-3)21-13/h4-7H,8H2,1-3H3,(H,14,18). The number of hydrogen-bond donors (Lipinski definition) is 1. The monoisotopic (exact) mass is 340 g/mol. The Morgan fingerprint density at radius 1 is 1.24 bits per heavy atom. The molecule has 1 heterocycles. The van der Waals surface area contributed by atoms with Crippen LogP contribution in [0.1, 0.15) is 0 Å². The topological polar surface area (TPSA) is 58.1 Å². The molecule has 0 saturated carbocycles. The van der Waals surface area contributed by atoms with Gasteiger partial charge >= 0.3 is 0 Å². The molecule has 0 fully saturated rings. The molecule has 1 amide bonds. The molecule has 0 radical (unpaired) electrons. The van der Waals surface area contributed by atoms with E-state index in [0.717, 1.165) is 20.1 Å². The number of carbonyl (C=O) groups is 1. The summed E-state index contributed by atoms with van der Waals surface area (Å²) in [6.45, 7) is 0. The lowest BCUT2D eigenvalue weighted by Crippen LogP contribution is -2.14. The second kappa shape index (κ2) is 7.67. The summed E-state index contributed by atoms with van der Waals surface area (Å²) in [5, 5.41) is 10.9. The Morgan fingerprint density at radius 2 is 1.90 bits per heavy atom. The normalized spacial score (nSPS) is 10.4. The number of anilines is 2. The number of amides is 1. The fourth-order valence-corrected chi connectivity index (χ4v) is 3.74. The second-order valence-corrected chi connectivity index (χ2v) is 7.57. The zero-order chi connectivity index (χ0) is 15.2. The van der Waals surface area contributed by atoms with Gasteiger partial charge in [-0.2, -0.15) is 0 Å². The van der Waals surface area contributed by atoms with Crippen LogP contribution in [0.3, 0.4) is 0 Å². The third-order valence-electron chi connectivity index (χ3n) is 2.56. The molecule has 0 saturated heterocycles. The maximum atomic E-state index is 11.9. The summed E-state index contributed by atoms with van der Waals surface area (Å²) >= 11 is 4.46. The molecule has 21 heavy (non-hydrogen) atoms. The molecule has 0 bridgehead atoms. The van der Waals surface area contributed by atoms with Gasteiger partial charge in [0.05, 0.1) is 5.75 Å². The molecule has 2 rings (SSSR count). The van der Waals surface area contributed by atoms with E-state index < -0.39 is 0 Å². The lowest BCUT2D eigenvalue weighted by molar-refractivity contribution is -0.113. The van der Waals surface area contributed by atoms with Crippen LogP contribution in [0.15, 0.2) is 32.9 Å². The predicted octanol–water partition coefficient (Wildman–Crippen LogP) is 3.06. The molecule has 1 N–H and O–H groups in total. The van der Waals surface area contributed by atoms with Gasteiger partial charge in [-0.05, 0) is 30.5 Å². The van der Waals surface area contributed by atoms with Gasteiger partial charge in [0.15, 0.2) is 8.68 Å². The van der Waals surface area contributed by atoms with E-state index in [1.807, 2.05) is 49.5 Å². The Bertz CT molecular complexity index is 598. The highest BCUT2D eigenvalue weighted by atomic mass is 32.2. The number of rotatable bonds is 6. The van der Waals surface area contributed by atoms with Crippen LogP contribution < -0.4 is 10.2 Å². The first-order valence-corrected chi connectivity index (χ1v) is 9.18. The zero-order valence-electron chi connectivity index (χ0n) is 12.0. The average Bonchev–Trinajstić information content (AvgIpc) is 2.94. The van der Waals surface area contributed by atoms with E-state index in [-0.39, 0.29) is 5.91 Å². The number of aromatic nitrogens is 2. The van der Waals surface area contributed by atoms with Gasteiger partial charge in [0, 0.05) is 25.5 Å². The quantitative estimate of drug-likeness (QED) is 0.816. The van der Waals surface area contributed by atoms with Crippen molar-refractivity contribution in [1.82, 2.24) is 10.2 Å². The first-order chi connectivity index (χ1) is 10.1. The van der Waals surface area contributed by atoms with E-state index in [1.54, 1.807) is 11.8 Å². The average molecular weight is 340 g/mol. The molecule has 0 aliphatic rings. The molecule has 0 unspecified atom stereocenters. The van der Waals surface area contributed by atoms with Crippen LogP contribution in [0, 0.1) is 0 Å². The fourth-order valence-electron chi connectivity index (χ4n) is 1.51. The SMILES string of the molecule is CSc1nnc(SCC(=O)Nc2ccc(N(C)C)cc2)s1. The lowest BCUT2D eigenvalue weighted by Gasteiger charge is -2.12. The highest BCUT2D eigenvalue weighted by Crippen LogP contribution is 2.27. The third kappa shape index (κ3) is 4.90. The molecule has 0 aliphatic carbocycles. The van der Waals surface area contributed by atoms with Gasteiger partial charge in [-0.3, -0.25) is 4.79 Å². The van der Waals surface area contributed by atoms with Crippen LogP contribution in [-0.4, -0.2) is 42.2 Å². The van der Waals surface area contributed by atoms with E-state index >= 15 is 0 Å². The van der Waals surface area contributed by atoms with Crippen molar-refractivity contribution in [3.63, 3.8) is 0 Å². The van der Waals surface area contributed by atoms with Crippen LogP contribution in [0.2, 0.25) is 0 Å². The van der Waals surface area contributed by atoms with E-state index in [0.29, 0.717) is 5.75 Å². The zero-order valence-corrected chi connectivity index (χ0v) is 14.4. The van der Waals surface area contributed by atoms with Crippen molar-refractivity contribution in [1.29, 1.82) is 0 Å². The summed E-state index contributed by atoms with van der Waals surface area (Å²) < 4.78 is 1.73. The van der Waals surface area contributed by atoms with Crippen LogP contribution in [0.25, 0.3) is 0 Å². The molecule has 1 aromatic carbocycles. The highest BCUT2D eigenvalue weighted by Gasteiger charge is 2.08. The Balaban J connectivity index is 1.83. The van der Waals surface area contributed by atoms with E-state index in [9.17, 15) is 4.79 Å². The molecular formula is C13H16N4OS3. The van der Waals surface area contributed by atoms with E-state index in [2.05, 4.69) is 15.5 Å². The van der Waals surface area contributed by atoms with Crippen molar-refractivity contribution >= 4 is 52.1 Å². The molecule has 0 aliphatic heterocycles. The van der Waals surface area contributed by atoms with Crippen LogP contribution in [-0.2, 0) is 4.79 Å². The second-order valence-electron chi connectivity index (χ2n) is 4.32. The van der Waals surface area contributed by atoms with Gasteiger partial charge in [0.25, 0.3) is 0 Å². The summed E-state index contributed by atoms with van der Waals surface area (Å²) in [4.78, 5) is 13.9. The minimum atomic E-state index is -0.0431. The predicted molar refractivity (Wildman–Crippen MR) is 91.8 cm³/mol. The van der Waals surface area contributed by atoms with Gasteiger partial charge in [-0.1, -0.05) is 34.9 Å². The van der Waals surface area contributed by atoms with Gasteiger partial charge in [0.2, 0.25) is 5.91 Å². The third-order valence-corrected chi connectivity index (χ3v) is 5.59. The van der Waals surface area contributed by atoms with Gasteiger partial charge < -0.3 is 10.2 Å². The summed E-state index contributed by atoms with van der Waals surface area (Å²) in [5.41, 5.74) is 1.90. The van der Waals surface area contributed by atoms with Crippen molar-refractivity contribution in [2.75, 3.05) is 36.3 Å². The number of thioether (sulfide) groups is 2. The van der Waals surface area contributed by atoms with Crippen LogP contribution >= 0.6 is 34.9 Å². The summed E-state index contributed by atoms with van der Waals surface area (Å²) in [7, 11) is 3.96. The minimum absolute atomic E-state index is 0.0431. The molecule has 5 nitrogen and oxygen atoms in total. The largest absolute Gasteiger partial charge is 0.378 e. The Labute approximate surface area is 136 Å². The van der Waals surface area contributed by atoms with Crippen molar-refractivity contribution in [2.45, 2.75) is 8.68 Å². The van der Waals surface area contributed by atoms with Gasteiger partial charge in [-0.25, -0.2) is 0 Å². The Hall–Kier alpha value is -1.25. The van der Waals surface area contributed by atoms with Crippen LogP contribution in [0.5, 0.6) is 0 Å². The van der Waals surface area contributed by atoms with Crippen molar-refractivity contribution in [3.8, 4) is 0 Å². The molecule has 0 spiro atoms. The first kappa shape index (κ1) is 16.1. The van der Waals surface area contributed by atoms with E-state index in [4.69, 9.17) is 0 Å². The fraction of sp³-hybridized carbons (Fsp3) is 0.308. The van der Waals surface area contributed by atoms with Crippen molar-refractivity contribution in [3.05, 3.63) is 24.3 Å². The van der Waals surface area contributed by atoms with Crippen molar-refractivity contribution in [2.24, 2.45) is 0 Å². The minimum Gasteiger partial charge on any atom is -0.378 e. The van der Waals surface area contributed by atoms with Gasteiger partial charge in [-0.15, -0.1) is 10.2 Å². The number of hydrogen-bond acceptors (Lipinski definition) is 7. The van der Waals surface area contributed by atoms with Gasteiger partial charge in [0.1, 0.15) is 0 Å². The summed E-state index contributed by atoms with van der Waals surface area (Å²) in [6, 6.07) is 7.74. The molecule has 112 valence electrons. The number of benzene rings is 1. The summed E-state index contributed by atoms with van der Waals surface area (Å²) in [6.07, 6.45) is 1.96. The Kier molecular flexibility index (Phi) is 5.89. The number of nitrogens with zero attached hydrogens (tertiary/aromatic N) is 3. The molecular weight excluding hydrogens is 324 g/mol. The lowest BCUT2D eigenvalue weighted by atomic mass is 10.2. The van der Waals surface area contributed by atoms with Crippen molar-refractivity contribution < 1.29 is 4.79 Å². The first-order valence-electron chi connectivity index (χ1n) is 6.16. The van der Waals surface area contributed by atoms with E-state index in [1.165, 1.54) is 23.1 Å². The number of carbonyl (C=O) groups excluding carboxylic acids is 1. The Morgan fingerprint density at radius 3 is 2.48 bits per heavy atom. The maximum absolute atomic E-state index is 11.9. The molecule has 1 aromatic heterocycles. The maximum Gasteiger partial charge on any atom is 0.234 e. The van der Waals surface area contributed by atoms with Crippen LogP contribution in [0.4, 0.5) is 11.4 Å². The highest BCUT2D eigenvalue weighted by molar-refractivity contribution is 8.03. The smallest absolute Gasteiger partial charge is 0.234 e. The molecule has 8 heteroatoms.